The fourth-order valence-corrected chi connectivity index (χ4v) is 2.55. The van der Waals surface area contributed by atoms with E-state index in [1.54, 1.807) is 24.7 Å². The Morgan fingerprint density at radius 1 is 1.43 bits per heavy atom. The number of benzene rings is 1. The molecule has 2 aromatic rings. The molecule has 0 saturated heterocycles. The van der Waals surface area contributed by atoms with E-state index < -0.39 is 0 Å². The predicted molar refractivity (Wildman–Crippen MR) is 84.1 cm³/mol. The molecule has 120 valence electrons. The second-order valence-corrected chi connectivity index (χ2v) is 5.46. The van der Waals surface area contributed by atoms with Crippen molar-refractivity contribution in [1.82, 2.24) is 14.9 Å². The lowest BCUT2D eigenvalue weighted by molar-refractivity contribution is -0.125. The van der Waals surface area contributed by atoms with Crippen LogP contribution in [0.3, 0.4) is 0 Å². The number of imidazole rings is 1. The lowest BCUT2D eigenvalue weighted by atomic mass is 10.2. The molecule has 1 aromatic carbocycles. The molecule has 0 bridgehead atoms. The molecule has 0 fully saturated rings. The van der Waals surface area contributed by atoms with E-state index >= 15 is 0 Å². The zero-order chi connectivity index (χ0) is 16.2. The maximum Gasteiger partial charge on any atom is 0.265 e. The highest BCUT2D eigenvalue weighted by molar-refractivity contribution is 6.02. The molecule has 0 spiro atoms. The third kappa shape index (κ3) is 3.50. The van der Waals surface area contributed by atoms with Crippen LogP contribution in [-0.4, -0.2) is 40.6 Å². The molecule has 0 aliphatic carbocycles. The molecule has 2 heterocycles. The number of hydrogen-bond donors (Lipinski definition) is 1. The SMILES string of the molecule is C[C@H](Cn1ccnc1)NC(=O)CN1C(=O)COc2ccccc21. The smallest absolute Gasteiger partial charge is 0.265 e. The summed E-state index contributed by atoms with van der Waals surface area (Å²) < 4.78 is 7.25. The second-order valence-electron chi connectivity index (χ2n) is 5.46. The summed E-state index contributed by atoms with van der Waals surface area (Å²) in [6, 6.07) is 7.14. The average Bonchev–Trinajstić information content (AvgIpc) is 3.03. The molecule has 1 atom stereocenters. The Kier molecular flexibility index (Phi) is 4.27. The Balaban J connectivity index is 1.62. The van der Waals surface area contributed by atoms with Crippen LogP contribution in [0.4, 0.5) is 5.69 Å². The number of nitrogens with zero attached hydrogens (tertiary/aromatic N) is 3. The first-order valence-electron chi connectivity index (χ1n) is 7.41. The van der Waals surface area contributed by atoms with E-state index in [1.165, 1.54) is 4.90 Å². The predicted octanol–water partition coefficient (Wildman–Crippen LogP) is 0.813. The quantitative estimate of drug-likeness (QED) is 0.886. The largest absolute Gasteiger partial charge is 0.482 e. The molecule has 7 nitrogen and oxygen atoms in total. The van der Waals surface area contributed by atoms with Gasteiger partial charge in [-0.2, -0.15) is 0 Å². The van der Waals surface area contributed by atoms with Gasteiger partial charge in [0.2, 0.25) is 5.91 Å². The fraction of sp³-hybridized carbons (Fsp3) is 0.312. The van der Waals surface area contributed by atoms with Gasteiger partial charge in [-0.1, -0.05) is 12.1 Å². The van der Waals surface area contributed by atoms with Crippen LogP contribution in [0.5, 0.6) is 5.75 Å². The standard InChI is InChI=1S/C16H18N4O3/c1-12(8-19-7-6-17-11-19)18-15(21)9-20-13-4-2-3-5-14(13)23-10-16(20)22/h2-7,11-12H,8-10H2,1H3,(H,18,21)/t12-/m1/s1. The summed E-state index contributed by atoms with van der Waals surface area (Å²) in [5, 5.41) is 2.89. The summed E-state index contributed by atoms with van der Waals surface area (Å²) in [4.78, 5) is 29.7. The first-order chi connectivity index (χ1) is 11.1. The number of carbonyl (C=O) groups excluding carboxylic acids is 2. The van der Waals surface area contributed by atoms with Crippen LogP contribution >= 0.6 is 0 Å². The number of carbonyl (C=O) groups is 2. The van der Waals surface area contributed by atoms with E-state index in [2.05, 4.69) is 10.3 Å². The number of ether oxygens (including phenoxy) is 1. The van der Waals surface area contributed by atoms with E-state index in [4.69, 9.17) is 4.74 Å². The van der Waals surface area contributed by atoms with Gasteiger partial charge in [0.1, 0.15) is 12.3 Å². The van der Waals surface area contributed by atoms with Crippen LogP contribution in [0.1, 0.15) is 6.92 Å². The topological polar surface area (TPSA) is 76.5 Å². The van der Waals surface area contributed by atoms with Crippen molar-refractivity contribution >= 4 is 17.5 Å². The normalized spacial score (nSPS) is 14.8. The van der Waals surface area contributed by atoms with E-state index in [1.807, 2.05) is 29.8 Å². The van der Waals surface area contributed by atoms with Crippen molar-refractivity contribution in [2.45, 2.75) is 19.5 Å². The van der Waals surface area contributed by atoms with Gasteiger partial charge >= 0.3 is 0 Å². The summed E-state index contributed by atoms with van der Waals surface area (Å²) in [6.45, 7) is 2.47. The number of anilines is 1. The lowest BCUT2D eigenvalue weighted by Gasteiger charge is -2.29. The summed E-state index contributed by atoms with van der Waals surface area (Å²) in [7, 11) is 0. The van der Waals surface area contributed by atoms with Crippen molar-refractivity contribution in [1.29, 1.82) is 0 Å². The van der Waals surface area contributed by atoms with Crippen molar-refractivity contribution in [3.8, 4) is 5.75 Å². The molecule has 23 heavy (non-hydrogen) atoms. The third-order valence-corrected chi connectivity index (χ3v) is 3.56. The Morgan fingerprint density at radius 2 is 2.26 bits per heavy atom. The van der Waals surface area contributed by atoms with Crippen molar-refractivity contribution in [2.24, 2.45) is 0 Å². The molecule has 0 unspecified atom stereocenters. The minimum atomic E-state index is -0.221. The molecule has 0 saturated carbocycles. The van der Waals surface area contributed by atoms with Crippen molar-refractivity contribution in [2.75, 3.05) is 18.1 Å². The summed E-state index contributed by atoms with van der Waals surface area (Å²) in [5.74, 6) is 0.190. The van der Waals surface area contributed by atoms with Gasteiger partial charge < -0.3 is 14.6 Å². The number of para-hydroxylation sites is 2. The highest BCUT2D eigenvalue weighted by Crippen LogP contribution is 2.31. The van der Waals surface area contributed by atoms with Crippen LogP contribution in [-0.2, 0) is 16.1 Å². The Morgan fingerprint density at radius 3 is 3.04 bits per heavy atom. The van der Waals surface area contributed by atoms with Crippen molar-refractivity contribution in [3.05, 3.63) is 43.0 Å². The van der Waals surface area contributed by atoms with Gasteiger partial charge in [-0.15, -0.1) is 0 Å². The van der Waals surface area contributed by atoms with Gasteiger partial charge in [0.05, 0.1) is 12.0 Å². The Labute approximate surface area is 133 Å². The van der Waals surface area contributed by atoms with Gasteiger partial charge in [-0.3, -0.25) is 14.5 Å². The third-order valence-electron chi connectivity index (χ3n) is 3.56. The number of amides is 2. The van der Waals surface area contributed by atoms with Gasteiger partial charge in [0.15, 0.2) is 6.61 Å². The zero-order valence-corrected chi connectivity index (χ0v) is 12.8. The number of nitrogens with one attached hydrogen (secondary N) is 1. The molecule has 1 aliphatic heterocycles. The van der Waals surface area contributed by atoms with Gasteiger partial charge in [-0.25, -0.2) is 4.98 Å². The summed E-state index contributed by atoms with van der Waals surface area (Å²) >= 11 is 0. The molecule has 1 N–H and O–H groups in total. The van der Waals surface area contributed by atoms with E-state index in [0.29, 0.717) is 18.0 Å². The number of rotatable bonds is 5. The van der Waals surface area contributed by atoms with Gasteiger partial charge in [0, 0.05) is 25.0 Å². The fourth-order valence-electron chi connectivity index (χ4n) is 2.55. The summed E-state index contributed by atoms with van der Waals surface area (Å²) in [5.41, 5.74) is 0.626. The van der Waals surface area contributed by atoms with Crippen LogP contribution in [0.15, 0.2) is 43.0 Å². The van der Waals surface area contributed by atoms with E-state index in [-0.39, 0.29) is 31.0 Å². The monoisotopic (exact) mass is 314 g/mol. The summed E-state index contributed by atoms with van der Waals surface area (Å²) in [6.07, 6.45) is 5.23. The Bertz CT molecular complexity index is 699. The molecular formula is C16H18N4O3. The van der Waals surface area contributed by atoms with Crippen LogP contribution in [0.2, 0.25) is 0 Å². The molecule has 1 aromatic heterocycles. The van der Waals surface area contributed by atoms with Crippen LogP contribution < -0.4 is 15.0 Å². The first-order valence-corrected chi connectivity index (χ1v) is 7.41. The van der Waals surface area contributed by atoms with E-state index in [0.717, 1.165) is 0 Å². The molecule has 7 heteroatoms. The Hall–Kier alpha value is -2.83. The molecule has 0 radical (unpaired) electrons. The average molecular weight is 314 g/mol. The maximum atomic E-state index is 12.2. The van der Waals surface area contributed by atoms with E-state index in [9.17, 15) is 9.59 Å². The second kappa shape index (κ2) is 6.51. The molecule has 2 amide bonds. The molecular weight excluding hydrogens is 296 g/mol. The lowest BCUT2D eigenvalue weighted by Crippen LogP contribution is -2.47. The van der Waals surface area contributed by atoms with Crippen LogP contribution in [0, 0.1) is 0 Å². The van der Waals surface area contributed by atoms with Crippen LogP contribution in [0.25, 0.3) is 0 Å². The maximum absolute atomic E-state index is 12.2. The minimum Gasteiger partial charge on any atom is -0.482 e. The zero-order valence-electron chi connectivity index (χ0n) is 12.8. The van der Waals surface area contributed by atoms with Gasteiger partial charge in [-0.05, 0) is 19.1 Å². The van der Waals surface area contributed by atoms with Crippen molar-refractivity contribution in [3.63, 3.8) is 0 Å². The van der Waals surface area contributed by atoms with Gasteiger partial charge in [0.25, 0.3) is 5.91 Å². The number of hydrogen-bond acceptors (Lipinski definition) is 4. The number of fused-ring (bicyclic) bond motifs is 1. The number of aromatic nitrogens is 2. The highest BCUT2D eigenvalue weighted by atomic mass is 16.5. The first kappa shape index (κ1) is 15.1. The highest BCUT2D eigenvalue weighted by Gasteiger charge is 2.27. The molecule has 3 rings (SSSR count). The molecule has 1 aliphatic rings. The van der Waals surface area contributed by atoms with Crippen molar-refractivity contribution < 1.29 is 14.3 Å². The minimum absolute atomic E-state index is 0.0204.